The number of imidazole rings is 1. The molecule has 2 atom stereocenters. The van der Waals surface area contributed by atoms with Gasteiger partial charge in [-0.05, 0) is 26.3 Å². The molecule has 2 aromatic rings. The van der Waals surface area contributed by atoms with Crippen molar-refractivity contribution in [1.29, 1.82) is 0 Å². The number of hydrogen-bond acceptors (Lipinski definition) is 4. The van der Waals surface area contributed by atoms with Crippen LogP contribution in [0.4, 0.5) is 0 Å². The van der Waals surface area contributed by atoms with Crippen LogP contribution in [0.25, 0.3) is 0 Å². The van der Waals surface area contributed by atoms with Crippen molar-refractivity contribution in [3.63, 3.8) is 0 Å². The number of aryl methyl sites for hydroxylation is 2. The van der Waals surface area contributed by atoms with Gasteiger partial charge >= 0.3 is 0 Å². The molecule has 2 N–H and O–H groups in total. The maximum atomic E-state index is 10.3. The Morgan fingerprint density at radius 3 is 3.00 bits per heavy atom. The normalized spacial score (nSPS) is 23.0. The van der Waals surface area contributed by atoms with Gasteiger partial charge in [-0.2, -0.15) is 5.10 Å². The molecule has 0 aliphatic carbocycles. The van der Waals surface area contributed by atoms with E-state index < -0.39 is 0 Å². The highest BCUT2D eigenvalue weighted by molar-refractivity contribution is 5.09. The molecular formula is C15H23N5O. The minimum atomic E-state index is -0.285. The van der Waals surface area contributed by atoms with Gasteiger partial charge in [0.15, 0.2) is 0 Å². The molecule has 114 valence electrons. The molecule has 1 saturated heterocycles. The third-order valence-electron chi connectivity index (χ3n) is 4.22. The summed E-state index contributed by atoms with van der Waals surface area (Å²) >= 11 is 0. The number of aliphatic hydroxyl groups is 1. The van der Waals surface area contributed by atoms with Crippen molar-refractivity contribution >= 4 is 0 Å². The van der Waals surface area contributed by atoms with Gasteiger partial charge in [0, 0.05) is 43.6 Å². The van der Waals surface area contributed by atoms with E-state index in [1.807, 2.05) is 19.3 Å². The first kappa shape index (κ1) is 14.3. The highest BCUT2D eigenvalue weighted by Gasteiger charge is 2.32. The molecule has 0 aromatic carbocycles. The van der Waals surface area contributed by atoms with Gasteiger partial charge < -0.3 is 9.67 Å². The van der Waals surface area contributed by atoms with Crippen molar-refractivity contribution in [2.24, 2.45) is 5.92 Å². The fourth-order valence-corrected chi connectivity index (χ4v) is 3.10. The highest BCUT2D eigenvalue weighted by Crippen LogP contribution is 2.22. The quantitative estimate of drug-likeness (QED) is 0.860. The summed E-state index contributed by atoms with van der Waals surface area (Å²) < 4.78 is 2.15. The summed E-state index contributed by atoms with van der Waals surface area (Å²) in [5.74, 6) is 1.32. The lowest BCUT2D eigenvalue weighted by Gasteiger charge is -2.15. The molecule has 1 aliphatic heterocycles. The lowest BCUT2D eigenvalue weighted by atomic mass is 10.0. The number of hydrogen-bond donors (Lipinski definition) is 2. The van der Waals surface area contributed by atoms with E-state index in [1.54, 1.807) is 0 Å². The van der Waals surface area contributed by atoms with Crippen LogP contribution in [0.5, 0.6) is 0 Å². The third kappa shape index (κ3) is 3.16. The van der Waals surface area contributed by atoms with Gasteiger partial charge in [-0.15, -0.1) is 0 Å². The number of nitrogens with zero attached hydrogens (tertiary/aromatic N) is 4. The highest BCUT2D eigenvalue weighted by atomic mass is 16.3. The monoisotopic (exact) mass is 289 g/mol. The predicted molar refractivity (Wildman–Crippen MR) is 79.7 cm³/mol. The number of H-pyrrole nitrogens is 1. The summed E-state index contributed by atoms with van der Waals surface area (Å²) in [6, 6.07) is 2.05. The van der Waals surface area contributed by atoms with Gasteiger partial charge in [0.25, 0.3) is 0 Å². The Balaban J connectivity index is 1.60. The number of aromatic nitrogens is 4. The van der Waals surface area contributed by atoms with Crippen LogP contribution in [0.3, 0.4) is 0 Å². The van der Waals surface area contributed by atoms with Crippen LogP contribution < -0.4 is 0 Å². The smallest absolute Gasteiger partial charge is 0.122 e. The van der Waals surface area contributed by atoms with E-state index in [9.17, 15) is 5.11 Å². The number of nitrogens with one attached hydrogen (secondary N) is 1. The standard InChI is InChI=1S/C15H23N5O/c1-3-20-5-4-16-15(20)10-19-8-12(14(21)9-19)7-13-6-11(2)17-18-13/h4-6,12,14,21H,3,7-10H2,1-2H3,(H,17,18)/t12-,14-/m1/s1. The van der Waals surface area contributed by atoms with E-state index in [-0.39, 0.29) is 12.0 Å². The molecule has 1 aliphatic rings. The Morgan fingerprint density at radius 1 is 1.43 bits per heavy atom. The van der Waals surface area contributed by atoms with Crippen molar-refractivity contribution in [3.8, 4) is 0 Å². The van der Waals surface area contributed by atoms with Crippen molar-refractivity contribution in [2.75, 3.05) is 13.1 Å². The molecule has 0 bridgehead atoms. The van der Waals surface area contributed by atoms with E-state index in [1.165, 1.54) is 0 Å². The second-order valence-corrected chi connectivity index (χ2v) is 5.90. The molecule has 6 nitrogen and oxygen atoms in total. The topological polar surface area (TPSA) is 70.0 Å². The maximum Gasteiger partial charge on any atom is 0.122 e. The molecule has 2 aromatic heterocycles. The minimum absolute atomic E-state index is 0.248. The molecule has 3 rings (SSSR count). The molecule has 3 heterocycles. The lowest BCUT2D eigenvalue weighted by molar-refractivity contribution is 0.140. The fraction of sp³-hybridized carbons (Fsp3) is 0.600. The van der Waals surface area contributed by atoms with E-state index in [0.29, 0.717) is 6.54 Å². The largest absolute Gasteiger partial charge is 0.391 e. The maximum absolute atomic E-state index is 10.3. The van der Waals surface area contributed by atoms with Crippen LogP contribution in [0.15, 0.2) is 18.5 Å². The summed E-state index contributed by atoms with van der Waals surface area (Å²) in [6.07, 6.45) is 4.39. The molecule has 0 spiro atoms. The second-order valence-electron chi connectivity index (χ2n) is 5.90. The van der Waals surface area contributed by atoms with Gasteiger partial charge in [0.05, 0.1) is 18.3 Å². The number of likely N-dealkylation sites (tertiary alicyclic amines) is 1. The van der Waals surface area contributed by atoms with Crippen LogP contribution >= 0.6 is 0 Å². The average molecular weight is 289 g/mol. The van der Waals surface area contributed by atoms with Crippen molar-refractivity contribution in [1.82, 2.24) is 24.6 Å². The van der Waals surface area contributed by atoms with Crippen molar-refractivity contribution in [3.05, 3.63) is 35.7 Å². The molecule has 1 fully saturated rings. The fourth-order valence-electron chi connectivity index (χ4n) is 3.10. The van der Waals surface area contributed by atoms with Crippen molar-refractivity contribution in [2.45, 2.75) is 39.5 Å². The molecule has 0 saturated carbocycles. The zero-order valence-electron chi connectivity index (χ0n) is 12.7. The van der Waals surface area contributed by atoms with E-state index in [4.69, 9.17) is 0 Å². The lowest BCUT2D eigenvalue weighted by Crippen LogP contribution is -2.23. The van der Waals surface area contributed by atoms with E-state index in [2.05, 4.69) is 37.6 Å². The molecule has 6 heteroatoms. The summed E-state index contributed by atoms with van der Waals surface area (Å²) in [5.41, 5.74) is 2.10. The Morgan fingerprint density at radius 2 is 2.29 bits per heavy atom. The first-order valence-corrected chi connectivity index (χ1v) is 7.57. The molecule has 21 heavy (non-hydrogen) atoms. The van der Waals surface area contributed by atoms with Gasteiger partial charge in [-0.3, -0.25) is 10.00 Å². The molecule has 0 unspecified atom stereocenters. The number of aromatic amines is 1. The Bertz CT molecular complexity index is 590. The minimum Gasteiger partial charge on any atom is -0.391 e. The van der Waals surface area contributed by atoms with Crippen LogP contribution in [0, 0.1) is 12.8 Å². The summed E-state index contributed by atoms with van der Waals surface area (Å²) in [7, 11) is 0. The van der Waals surface area contributed by atoms with Gasteiger partial charge in [-0.25, -0.2) is 4.98 Å². The Hall–Kier alpha value is -1.66. The number of β-amino-alcohol motifs (C(OH)–C–C–N with tert-alkyl or cyclic N) is 1. The van der Waals surface area contributed by atoms with Gasteiger partial charge in [0.1, 0.15) is 5.82 Å². The average Bonchev–Trinajstić information content (AvgIpc) is 3.13. The zero-order chi connectivity index (χ0) is 14.8. The van der Waals surface area contributed by atoms with Crippen LogP contribution in [-0.2, 0) is 19.5 Å². The van der Waals surface area contributed by atoms with E-state index >= 15 is 0 Å². The van der Waals surface area contributed by atoms with Gasteiger partial charge in [-0.1, -0.05) is 0 Å². The molecule has 0 amide bonds. The summed E-state index contributed by atoms with van der Waals surface area (Å²) in [5, 5.41) is 17.5. The molecular weight excluding hydrogens is 266 g/mol. The number of rotatable bonds is 5. The Kier molecular flexibility index (Phi) is 4.07. The first-order valence-electron chi connectivity index (χ1n) is 7.57. The van der Waals surface area contributed by atoms with Crippen LogP contribution in [-0.4, -0.2) is 48.9 Å². The zero-order valence-corrected chi connectivity index (χ0v) is 12.7. The summed E-state index contributed by atoms with van der Waals surface area (Å²) in [6.45, 7) is 7.45. The number of aliphatic hydroxyl groups excluding tert-OH is 1. The summed E-state index contributed by atoms with van der Waals surface area (Å²) in [4.78, 5) is 6.69. The van der Waals surface area contributed by atoms with Gasteiger partial charge in [0.2, 0.25) is 0 Å². The molecule has 0 radical (unpaired) electrons. The van der Waals surface area contributed by atoms with Crippen LogP contribution in [0.2, 0.25) is 0 Å². The second kappa shape index (κ2) is 5.99. The van der Waals surface area contributed by atoms with Crippen molar-refractivity contribution < 1.29 is 5.11 Å². The predicted octanol–water partition coefficient (Wildman–Crippen LogP) is 0.970. The SMILES string of the molecule is CCn1ccnc1CN1C[C@@H](Cc2cc(C)[nH]n2)[C@H](O)C1. The van der Waals surface area contributed by atoms with Crippen LogP contribution in [0.1, 0.15) is 24.1 Å². The first-order chi connectivity index (χ1) is 10.2. The third-order valence-corrected chi connectivity index (χ3v) is 4.22. The van der Waals surface area contributed by atoms with E-state index in [0.717, 1.165) is 43.3 Å². The Labute approximate surface area is 124 Å².